The number of alkyl carbamates (subject to hydrolysis) is 1. The van der Waals surface area contributed by atoms with E-state index in [9.17, 15) is 4.79 Å². The van der Waals surface area contributed by atoms with Crippen molar-refractivity contribution in [3.8, 4) is 0 Å². The molecule has 2 aromatic carbocycles. The van der Waals surface area contributed by atoms with Crippen LogP contribution in [0, 0.1) is 0 Å². The van der Waals surface area contributed by atoms with Gasteiger partial charge in [0.05, 0.1) is 18.2 Å². The molecule has 2 aromatic rings. The van der Waals surface area contributed by atoms with Crippen molar-refractivity contribution in [2.45, 2.75) is 70.4 Å². The molecule has 0 radical (unpaired) electrons. The van der Waals surface area contributed by atoms with Gasteiger partial charge in [0.25, 0.3) is 0 Å². The van der Waals surface area contributed by atoms with E-state index in [0.29, 0.717) is 0 Å². The summed E-state index contributed by atoms with van der Waals surface area (Å²) in [6.07, 6.45) is 1.52. The Labute approximate surface area is 187 Å². The lowest BCUT2D eigenvalue weighted by Gasteiger charge is -2.31. The van der Waals surface area contributed by atoms with Gasteiger partial charge in [-0.05, 0) is 58.8 Å². The lowest BCUT2D eigenvalue weighted by Crippen LogP contribution is -2.45. The van der Waals surface area contributed by atoms with Gasteiger partial charge in [0.2, 0.25) is 0 Å². The van der Waals surface area contributed by atoms with Crippen LogP contribution in [0.3, 0.4) is 0 Å². The minimum atomic E-state index is -0.500. The quantitative estimate of drug-likeness (QED) is 0.679. The summed E-state index contributed by atoms with van der Waals surface area (Å²) in [7, 11) is 4.39. The zero-order valence-electron chi connectivity index (χ0n) is 19.7. The first-order chi connectivity index (χ1) is 14.7. The number of benzene rings is 2. The highest BCUT2D eigenvalue weighted by molar-refractivity contribution is 5.68. The third-order valence-electron chi connectivity index (χ3n) is 6.11. The van der Waals surface area contributed by atoms with Crippen molar-refractivity contribution >= 4 is 6.09 Å². The standard InChI is InChI=1S/C26H37N3O2/c1-7-21(27-25(30)31-26(2,3)4)18-22-28(5)23(19-14-10-8-11-15-19)24(29(22)6)20-16-12-9-13-17-20/h8-17,21-24H,7,18H2,1-6H3,(H,27,30)/t21-,23-,24-/m1/s1. The zero-order valence-corrected chi connectivity index (χ0v) is 19.7. The van der Waals surface area contributed by atoms with E-state index in [2.05, 4.69) is 96.8 Å². The Balaban J connectivity index is 1.84. The predicted molar refractivity (Wildman–Crippen MR) is 126 cm³/mol. The molecule has 5 heteroatoms. The Morgan fingerprint density at radius 1 is 0.935 bits per heavy atom. The van der Waals surface area contributed by atoms with E-state index >= 15 is 0 Å². The van der Waals surface area contributed by atoms with Crippen molar-refractivity contribution < 1.29 is 9.53 Å². The van der Waals surface area contributed by atoms with Gasteiger partial charge in [-0.25, -0.2) is 4.79 Å². The molecule has 1 saturated heterocycles. The Kier molecular flexibility index (Phi) is 7.39. The van der Waals surface area contributed by atoms with Crippen molar-refractivity contribution in [3.05, 3.63) is 71.8 Å². The number of hydrogen-bond donors (Lipinski definition) is 1. The van der Waals surface area contributed by atoms with E-state index in [0.717, 1.165) is 12.8 Å². The van der Waals surface area contributed by atoms with E-state index in [-0.39, 0.29) is 30.4 Å². The van der Waals surface area contributed by atoms with E-state index < -0.39 is 5.60 Å². The van der Waals surface area contributed by atoms with Gasteiger partial charge >= 0.3 is 6.09 Å². The third-order valence-corrected chi connectivity index (χ3v) is 6.11. The first-order valence-electron chi connectivity index (χ1n) is 11.2. The number of carbonyl (C=O) groups excluding carboxylic acids is 1. The fourth-order valence-electron chi connectivity index (χ4n) is 4.63. The molecule has 3 rings (SSSR count). The SMILES string of the molecule is CC[C@H](CC1N(C)[C@H](c2ccccc2)[C@@H](c2ccccc2)N1C)NC(=O)OC(C)(C)C. The maximum Gasteiger partial charge on any atom is 0.407 e. The van der Waals surface area contributed by atoms with E-state index in [1.54, 1.807) is 0 Å². The highest BCUT2D eigenvalue weighted by Gasteiger charge is 2.45. The molecule has 1 amide bonds. The van der Waals surface area contributed by atoms with Crippen LogP contribution in [0.15, 0.2) is 60.7 Å². The molecule has 31 heavy (non-hydrogen) atoms. The van der Waals surface area contributed by atoms with Crippen LogP contribution in [0.5, 0.6) is 0 Å². The van der Waals surface area contributed by atoms with Gasteiger partial charge in [-0.3, -0.25) is 9.80 Å². The van der Waals surface area contributed by atoms with E-state index in [1.165, 1.54) is 11.1 Å². The third kappa shape index (κ3) is 5.66. The molecule has 0 bridgehead atoms. The highest BCUT2D eigenvalue weighted by Crippen LogP contribution is 2.46. The topological polar surface area (TPSA) is 44.8 Å². The second-order valence-corrected chi connectivity index (χ2v) is 9.51. The predicted octanol–water partition coefficient (Wildman–Crippen LogP) is 5.37. The van der Waals surface area contributed by atoms with Crippen molar-refractivity contribution in [2.24, 2.45) is 0 Å². The van der Waals surface area contributed by atoms with Gasteiger partial charge in [0.15, 0.2) is 0 Å². The normalized spacial score (nSPS) is 21.7. The molecule has 1 heterocycles. The summed E-state index contributed by atoms with van der Waals surface area (Å²) < 4.78 is 5.49. The number of carbonyl (C=O) groups is 1. The first-order valence-corrected chi connectivity index (χ1v) is 11.2. The van der Waals surface area contributed by atoms with Gasteiger partial charge in [-0.15, -0.1) is 0 Å². The summed E-state index contributed by atoms with van der Waals surface area (Å²) in [4.78, 5) is 17.3. The number of hydrogen-bond acceptors (Lipinski definition) is 4. The molecular formula is C26H37N3O2. The zero-order chi connectivity index (χ0) is 22.6. The molecule has 1 aliphatic heterocycles. The summed E-state index contributed by atoms with van der Waals surface area (Å²) in [5, 5.41) is 3.09. The molecule has 5 nitrogen and oxygen atoms in total. The van der Waals surface area contributed by atoms with Gasteiger partial charge in [-0.2, -0.15) is 0 Å². The molecule has 1 N–H and O–H groups in total. The van der Waals surface area contributed by atoms with Crippen LogP contribution in [0.1, 0.15) is 63.7 Å². The number of nitrogens with one attached hydrogen (secondary N) is 1. The Bertz CT molecular complexity index is 783. The van der Waals surface area contributed by atoms with Gasteiger partial charge in [0, 0.05) is 6.04 Å². The summed E-state index contributed by atoms with van der Waals surface area (Å²) in [5.74, 6) is 0. The average molecular weight is 424 g/mol. The molecule has 1 fully saturated rings. The summed E-state index contributed by atoms with van der Waals surface area (Å²) >= 11 is 0. The number of ether oxygens (including phenoxy) is 1. The van der Waals surface area contributed by atoms with Crippen molar-refractivity contribution in [3.63, 3.8) is 0 Å². The summed E-state index contributed by atoms with van der Waals surface area (Å²) in [6, 6.07) is 21.9. The van der Waals surface area contributed by atoms with Crippen LogP contribution in [0.25, 0.3) is 0 Å². The molecule has 0 saturated carbocycles. The van der Waals surface area contributed by atoms with Gasteiger partial charge in [-0.1, -0.05) is 67.6 Å². The van der Waals surface area contributed by atoms with Crippen LogP contribution in [-0.2, 0) is 4.74 Å². The van der Waals surface area contributed by atoms with Crippen LogP contribution in [-0.4, -0.2) is 47.8 Å². The second-order valence-electron chi connectivity index (χ2n) is 9.51. The monoisotopic (exact) mass is 423 g/mol. The minimum Gasteiger partial charge on any atom is -0.444 e. The lowest BCUT2D eigenvalue weighted by molar-refractivity contribution is 0.0477. The van der Waals surface area contributed by atoms with Gasteiger partial charge in [0.1, 0.15) is 5.60 Å². The molecule has 0 aliphatic carbocycles. The Hall–Kier alpha value is -2.37. The number of rotatable bonds is 6. The minimum absolute atomic E-state index is 0.0377. The fraction of sp³-hybridized carbons (Fsp3) is 0.500. The largest absolute Gasteiger partial charge is 0.444 e. The molecule has 0 aromatic heterocycles. The molecule has 1 aliphatic rings. The van der Waals surface area contributed by atoms with Crippen LogP contribution < -0.4 is 5.32 Å². The van der Waals surface area contributed by atoms with E-state index in [4.69, 9.17) is 4.74 Å². The van der Waals surface area contributed by atoms with Crippen LogP contribution in [0.4, 0.5) is 4.79 Å². The van der Waals surface area contributed by atoms with Crippen LogP contribution >= 0.6 is 0 Å². The molecule has 0 unspecified atom stereocenters. The lowest BCUT2D eigenvalue weighted by atomic mass is 9.93. The fourth-order valence-corrected chi connectivity index (χ4v) is 4.63. The van der Waals surface area contributed by atoms with Crippen LogP contribution in [0.2, 0.25) is 0 Å². The molecular weight excluding hydrogens is 386 g/mol. The Morgan fingerprint density at radius 2 is 1.39 bits per heavy atom. The number of amides is 1. The van der Waals surface area contributed by atoms with Crippen molar-refractivity contribution in [1.82, 2.24) is 15.1 Å². The second kappa shape index (κ2) is 9.84. The number of likely N-dealkylation sites (N-methyl/N-ethyl adjacent to an activating group) is 2. The Morgan fingerprint density at radius 3 is 1.77 bits per heavy atom. The molecule has 0 spiro atoms. The first kappa shape index (κ1) is 23.3. The average Bonchev–Trinajstić information content (AvgIpc) is 2.97. The molecule has 168 valence electrons. The van der Waals surface area contributed by atoms with E-state index in [1.807, 2.05) is 20.8 Å². The smallest absolute Gasteiger partial charge is 0.407 e. The maximum atomic E-state index is 12.4. The summed E-state index contributed by atoms with van der Waals surface area (Å²) in [5.41, 5.74) is 2.11. The van der Waals surface area contributed by atoms with Crippen molar-refractivity contribution in [2.75, 3.05) is 14.1 Å². The van der Waals surface area contributed by atoms with Gasteiger partial charge < -0.3 is 10.1 Å². The highest BCUT2D eigenvalue weighted by atomic mass is 16.6. The molecule has 3 atom stereocenters. The van der Waals surface area contributed by atoms with Crippen molar-refractivity contribution in [1.29, 1.82) is 0 Å². The summed E-state index contributed by atoms with van der Waals surface area (Å²) in [6.45, 7) is 7.78. The number of nitrogens with zero attached hydrogens (tertiary/aromatic N) is 2. The maximum absolute atomic E-state index is 12.4.